The number of aromatic amines is 1. The maximum atomic E-state index is 11.8. The first-order valence-corrected chi connectivity index (χ1v) is 9.06. The summed E-state index contributed by atoms with van der Waals surface area (Å²) in [4.78, 5) is 8.68. The first-order valence-electron chi connectivity index (χ1n) is 6.36. The minimum atomic E-state index is -3.25. The standard InChI is InChI=1S/C15H14N2O2S2/c1-10-7-12-13(17-10)8-11(21(2,18)19)9-14(12)20-15-5-3-4-6-16-15/h3-9,17H,1-2H3. The zero-order valence-electron chi connectivity index (χ0n) is 11.6. The molecular weight excluding hydrogens is 304 g/mol. The van der Waals surface area contributed by atoms with Crippen LogP contribution in [-0.2, 0) is 9.84 Å². The van der Waals surface area contributed by atoms with Gasteiger partial charge in [-0.1, -0.05) is 17.8 Å². The Hall–Kier alpha value is -1.79. The minimum Gasteiger partial charge on any atom is -0.359 e. The van der Waals surface area contributed by atoms with Gasteiger partial charge >= 0.3 is 0 Å². The fourth-order valence-electron chi connectivity index (χ4n) is 2.14. The average Bonchev–Trinajstić information content (AvgIpc) is 2.79. The van der Waals surface area contributed by atoms with Gasteiger partial charge in [0.25, 0.3) is 0 Å². The van der Waals surface area contributed by atoms with Gasteiger partial charge in [-0.25, -0.2) is 13.4 Å². The smallest absolute Gasteiger partial charge is 0.175 e. The molecule has 0 aliphatic heterocycles. The van der Waals surface area contributed by atoms with Crippen molar-refractivity contribution in [2.24, 2.45) is 0 Å². The summed E-state index contributed by atoms with van der Waals surface area (Å²) in [7, 11) is -3.25. The molecule has 0 unspecified atom stereocenters. The molecule has 0 amide bonds. The number of benzene rings is 1. The fraction of sp³-hybridized carbons (Fsp3) is 0.133. The number of pyridine rings is 1. The quantitative estimate of drug-likeness (QED) is 0.803. The number of aromatic nitrogens is 2. The molecule has 0 radical (unpaired) electrons. The molecule has 1 N–H and O–H groups in total. The third-order valence-corrected chi connectivity index (χ3v) is 5.19. The molecule has 0 saturated carbocycles. The number of H-pyrrole nitrogens is 1. The normalized spacial score (nSPS) is 11.9. The van der Waals surface area contributed by atoms with Crippen LogP contribution in [0, 0.1) is 6.92 Å². The monoisotopic (exact) mass is 318 g/mol. The maximum absolute atomic E-state index is 11.8. The lowest BCUT2D eigenvalue weighted by molar-refractivity contribution is 0.602. The minimum absolute atomic E-state index is 0.315. The fourth-order valence-corrected chi connectivity index (χ4v) is 3.83. The van der Waals surface area contributed by atoms with E-state index in [0.717, 1.165) is 26.5 Å². The van der Waals surface area contributed by atoms with Gasteiger partial charge in [-0.15, -0.1) is 0 Å². The van der Waals surface area contributed by atoms with E-state index in [2.05, 4.69) is 9.97 Å². The third kappa shape index (κ3) is 2.96. The molecule has 0 spiro atoms. The summed E-state index contributed by atoms with van der Waals surface area (Å²) >= 11 is 1.47. The summed E-state index contributed by atoms with van der Waals surface area (Å²) in [6.45, 7) is 1.95. The predicted octanol–water partition coefficient (Wildman–Crippen LogP) is 3.43. The van der Waals surface area contributed by atoms with Crippen molar-refractivity contribution in [2.75, 3.05) is 6.26 Å². The predicted molar refractivity (Wildman–Crippen MR) is 84.5 cm³/mol. The summed E-state index contributed by atoms with van der Waals surface area (Å²) in [6, 6.07) is 11.1. The molecule has 2 aromatic heterocycles. The molecule has 21 heavy (non-hydrogen) atoms. The molecule has 0 aliphatic carbocycles. The summed E-state index contributed by atoms with van der Waals surface area (Å²) in [6.07, 6.45) is 2.95. The summed E-state index contributed by atoms with van der Waals surface area (Å²) in [5, 5.41) is 1.85. The van der Waals surface area contributed by atoms with Gasteiger partial charge in [-0.3, -0.25) is 0 Å². The molecule has 0 saturated heterocycles. The molecule has 3 rings (SSSR count). The van der Waals surface area contributed by atoms with Crippen molar-refractivity contribution in [1.82, 2.24) is 9.97 Å². The molecule has 0 aliphatic rings. The van der Waals surface area contributed by atoms with E-state index in [4.69, 9.17) is 0 Å². The van der Waals surface area contributed by atoms with Crippen molar-refractivity contribution in [3.8, 4) is 0 Å². The van der Waals surface area contributed by atoms with Crippen molar-refractivity contribution in [3.63, 3.8) is 0 Å². The van der Waals surface area contributed by atoms with Gasteiger partial charge in [0.1, 0.15) is 5.03 Å². The van der Waals surface area contributed by atoms with Gasteiger partial charge in [0.05, 0.1) is 4.90 Å². The third-order valence-electron chi connectivity index (χ3n) is 3.09. The number of nitrogens with one attached hydrogen (secondary N) is 1. The Kier molecular flexibility index (Phi) is 3.51. The van der Waals surface area contributed by atoms with E-state index in [0.29, 0.717) is 4.90 Å². The van der Waals surface area contributed by atoms with E-state index < -0.39 is 9.84 Å². The number of nitrogens with zero attached hydrogens (tertiary/aromatic N) is 1. The zero-order valence-corrected chi connectivity index (χ0v) is 13.3. The van der Waals surface area contributed by atoms with Crippen LogP contribution < -0.4 is 0 Å². The topological polar surface area (TPSA) is 62.8 Å². The molecule has 1 aromatic carbocycles. The van der Waals surface area contributed by atoms with E-state index in [1.807, 2.05) is 31.2 Å². The summed E-state index contributed by atoms with van der Waals surface area (Å²) in [5.41, 5.74) is 1.83. The van der Waals surface area contributed by atoms with Crippen LogP contribution in [0.3, 0.4) is 0 Å². The summed E-state index contributed by atoms with van der Waals surface area (Å²) in [5.74, 6) is 0. The van der Waals surface area contributed by atoms with Gasteiger partial charge in [0, 0.05) is 33.9 Å². The Balaban J connectivity index is 2.19. The first-order chi connectivity index (χ1) is 9.93. The molecule has 4 nitrogen and oxygen atoms in total. The number of hydrogen-bond acceptors (Lipinski definition) is 4. The number of rotatable bonds is 3. The van der Waals surface area contributed by atoms with Crippen LogP contribution in [0.1, 0.15) is 5.69 Å². The molecule has 0 fully saturated rings. The number of aryl methyl sites for hydroxylation is 1. The lowest BCUT2D eigenvalue weighted by atomic mass is 10.2. The Morgan fingerprint density at radius 1 is 1.19 bits per heavy atom. The van der Waals surface area contributed by atoms with Crippen LogP contribution in [0.15, 0.2) is 57.4 Å². The van der Waals surface area contributed by atoms with Crippen LogP contribution in [-0.4, -0.2) is 24.6 Å². The van der Waals surface area contributed by atoms with Crippen LogP contribution >= 0.6 is 11.8 Å². The highest BCUT2D eigenvalue weighted by Crippen LogP contribution is 2.35. The highest BCUT2D eigenvalue weighted by Gasteiger charge is 2.14. The van der Waals surface area contributed by atoms with Crippen LogP contribution in [0.4, 0.5) is 0 Å². The van der Waals surface area contributed by atoms with Crippen molar-refractivity contribution < 1.29 is 8.42 Å². The second-order valence-corrected chi connectivity index (χ2v) is 7.96. The molecule has 2 heterocycles. The second-order valence-electron chi connectivity index (χ2n) is 4.88. The van der Waals surface area contributed by atoms with Crippen molar-refractivity contribution in [1.29, 1.82) is 0 Å². The van der Waals surface area contributed by atoms with Crippen LogP contribution in [0.25, 0.3) is 10.9 Å². The van der Waals surface area contributed by atoms with Crippen molar-refractivity contribution in [2.45, 2.75) is 21.7 Å². The maximum Gasteiger partial charge on any atom is 0.175 e. The van der Waals surface area contributed by atoms with Crippen LogP contribution in [0.5, 0.6) is 0 Å². The highest BCUT2D eigenvalue weighted by atomic mass is 32.2. The summed E-state index contributed by atoms with van der Waals surface area (Å²) < 4.78 is 23.7. The van der Waals surface area contributed by atoms with E-state index in [1.165, 1.54) is 18.0 Å². The molecule has 108 valence electrons. The SMILES string of the molecule is Cc1cc2c(Sc3ccccn3)cc(S(C)(=O)=O)cc2[nH]1. The Morgan fingerprint density at radius 2 is 2.00 bits per heavy atom. The van der Waals surface area contributed by atoms with Crippen molar-refractivity contribution >= 4 is 32.5 Å². The number of fused-ring (bicyclic) bond motifs is 1. The highest BCUT2D eigenvalue weighted by molar-refractivity contribution is 7.99. The number of sulfone groups is 1. The Bertz CT molecular complexity index is 900. The van der Waals surface area contributed by atoms with E-state index in [1.54, 1.807) is 18.3 Å². The van der Waals surface area contributed by atoms with Gasteiger partial charge < -0.3 is 4.98 Å². The lowest BCUT2D eigenvalue weighted by Crippen LogP contribution is -1.97. The molecule has 3 aromatic rings. The van der Waals surface area contributed by atoms with Crippen LogP contribution in [0.2, 0.25) is 0 Å². The van der Waals surface area contributed by atoms with Gasteiger partial charge in [0.15, 0.2) is 9.84 Å². The van der Waals surface area contributed by atoms with Gasteiger partial charge in [-0.05, 0) is 37.3 Å². The Morgan fingerprint density at radius 3 is 2.67 bits per heavy atom. The largest absolute Gasteiger partial charge is 0.359 e. The number of hydrogen-bond donors (Lipinski definition) is 1. The van der Waals surface area contributed by atoms with Crippen molar-refractivity contribution in [3.05, 3.63) is 48.3 Å². The molecule has 0 atom stereocenters. The van der Waals surface area contributed by atoms with E-state index in [9.17, 15) is 8.42 Å². The first kappa shape index (κ1) is 14.2. The Labute approximate surface area is 127 Å². The van der Waals surface area contributed by atoms with E-state index >= 15 is 0 Å². The second kappa shape index (κ2) is 5.20. The molecule has 6 heteroatoms. The average molecular weight is 318 g/mol. The molecule has 0 bridgehead atoms. The van der Waals surface area contributed by atoms with Gasteiger partial charge in [-0.2, -0.15) is 0 Å². The molecular formula is C15H14N2O2S2. The van der Waals surface area contributed by atoms with E-state index in [-0.39, 0.29) is 0 Å². The lowest BCUT2D eigenvalue weighted by Gasteiger charge is -2.06. The van der Waals surface area contributed by atoms with Gasteiger partial charge in [0.2, 0.25) is 0 Å². The zero-order chi connectivity index (χ0) is 15.0.